The predicted molar refractivity (Wildman–Crippen MR) is 113 cm³/mol. The Bertz CT molecular complexity index is 1220. The summed E-state index contributed by atoms with van der Waals surface area (Å²) in [5, 5.41) is 18.5. The number of hydrogen-bond acceptors (Lipinski definition) is 8. The van der Waals surface area contributed by atoms with Gasteiger partial charge in [0, 0.05) is 36.2 Å². The molecule has 0 spiro atoms. The third-order valence-electron chi connectivity index (χ3n) is 4.92. The van der Waals surface area contributed by atoms with Gasteiger partial charge in [0.05, 0.1) is 0 Å². The number of sulfone groups is 1. The second kappa shape index (κ2) is 8.46. The lowest BCUT2D eigenvalue weighted by Crippen LogP contribution is -2.49. The van der Waals surface area contributed by atoms with Gasteiger partial charge in [-0.1, -0.05) is 41.7 Å². The van der Waals surface area contributed by atoms with Gasteiger partial charge in [-0.25, -0.2) is 13.9 Å². The summed E-state index contributed by atoms with van der Waals surface area (Å²) in [6, 6.07) is 12.6. The first-order valence-corrected chi connectivity index (χ1v) is 11.6. The van der Waals surface area contributed by atoms with Crippen LogP contribution in [0, 0.1) is 0 Å². The minimum Gasteiger partial charge on any atom is -0.315 e. The zero-order valence-corrected chi connectivity index (χ0v) is 17.9. The highest BCUT2D eigenvalue weighted by Gasteiger charge is 2.43. The summed E-state index contributed by atoms with van der Waals surface area (Å²) in [5.41, 5.74) is 2.54. The Labute approximate surface area is 176 Å². The van der Waals surface area contributed by atoms with Gasteiger partial charge < -0.3 is 4.57 Å². The van der Waals surface area contributed by atoms with Gasteiger partial charge >= 0.3 is 0 Å². The molecule has 3 rings (SSSR count). The zero-order valence-electron chi connectivity index (χ0n) is 16.3. The molecule has 0 unspecified atom stereocenters. The standard InChI is InChI=1S/C19H20N4O5S2/c1-19(18(25)22-26,30(2,27)28)9-11-23-10-8-14(12-15(23)24)17-21-20-16(29-17)13-6-4-3-5-7-13/h3-8,10,12,26H,9,11H2,1-2H3,(H,22,25)/t19-/m1/s1. The highest BCUT2D eigenvalue weighted by atomic mass is 32.2. The van der Waals surface area contributed by atoms with Gasteiger partial charge in [0.1, 0.15) is 10.0 Å². The second-order valence-electron chi connectivity index (χ2n) is 6.92. The van der Waals surface area contributed by atoms with E-state index in [1.165, 1.54) is 40.6 Å². The van der Waals surface area contributed by atoms with Crippen LogP contribution in [0.2, 0.25) is 0 Å². The molecular weight excluding hydrogens is 428 g/mol. The van der Waals surface area contributed by atoms with Crippen molar-refractivity contribution in [3.63, 3.8) is 0 Å². The lowest BCUT2D eigenvalue weighted by atomic mass is 10.1. The minimum atomic E-state index is -3.84. The molecule has 3 aromatic rings. The molecule has 0 bridgehead atoms. The maximum Gasteiger partial charge on any atom is 0.264 e. The van der Waals surface area contributed by atoms with Crippen molar-refractivity contribution in [3.8, 4) is 21.1 Å². The number of aryl methyl sites for hydroxylation is 1. The molecule has 0 saturated heterocycles. The van der Waals surface area contributed by atoms with Crippen LogP contribution >= 0.6 is 11.3 Å². The molecule has 0 aliphatic heterocycles. The van der Waals surface area contributed by atoms with E-state index in [0.29, 0.717) is 10.6 Å². The van der Waals surface area contributed by atoms with Crippen molar-refractivity contribution in [3.05, 3.63) is 59.0 Å². The van der Waals surface area contributed by atoms with Crippen LogP contribution in [-0.4, -0.2) is 45.3 Å². The molecule has 0 radical (unpaired) electrons. The number of rotatable bonds is 7. The summed E-state index contributed by atoms with van der Waals surface area (Å²) >= 11 is 1.35. The Hall–Kier alpha value is -2.89. The molecule has 158 valence electrons. The van der Waals surface area contributed by atoms with Crippen LogP contribution in [0.1, 0.15) is 13.3 Å². The van der Waals surface area contributed by atoms with Crippen molar-refractivity contribution in [2.45, 2.75) is 24.6 Å². The number of hydroxylamine groups is 1. The minimum absolute atomic E-state index is 0.0263. The Morgan fingerprint density at radius 3 is 2.37 bits per heavy atom. The third-order valence-corrected chi connectivity index (χ3v) is 7.97. The molecule has 1 amide bonds. The number of nitrogens with zero attached hydrogens (tertiary/aromatic N) is 3. The van der Waals surface area contributed by atoms with Gasteiger partial charge in [-0.2, -0.15) is 0 Å². The molecule has 0 fully saturated rings. The fourth-order valence-corrected chi connectivity index (χ4v) is 4.47. The van der Waals surface area contributed by atoms with E-state index in [4.69, 9.17) is 5.21 Å². The van der Waals surface area contributed by atoms with Crippen molar-refractivity contribution in [1.82, 2.24) is 20.2 Å². The molecule has 30 heavy (non-hydrogen) atoms. The zero-order chi connectivity index (χ0) is 21.9. The Kier molecular flexibility index (Phi) is 6.15. The Morgan fingerprint density at radius 1 is 1.17 bits per heavy atom. The topological polar surface area (TPSA) is 131 Å². The van der Waals surface area contributed by atoms with Gasteiger partial charge in [0.15, 0.2) is 14.6 Å². The van der Waals surface area contributed by atoms with Crippen molar-refractivity contribution in [1.29, 1.82) is 0 Å². The van der Waals surface area contributed by atoms with Gasteiger partial charge in [-0.05, 0) is 19.4 Å². The molecule has 11 heteroatoms. The van der Waals surface area contributed by atoms with E-state index in [1.54, 1.807) is 6.07 Å². The fourth-order valence-electron chi connectivity index (χ4n) is 2.78. The normalized spacial score (nSPS) is 13.6. The lowest BCUT2D eigenvalue weighted by Gasteiger charge is -2.25. The summed E-state index contributed by atoms with van der Waals surface area (Å²) < 4.78 is 23.5. The first kappa shape index (κ1) is 21.8. The van der Waals surface area contributed by atoms with Crippen LogP contribution < -0.4 is 11.0 Å². The number of nitrogens with one attached hydrogen (secondary N) is 1. The number of hydrogen-bond donors (Lipinski definition) is 2. The van der Waals surface area contributed by atoms with Crippen LogP contribution in [-0.2, 0) is 21.2 Å². The molecule has 2 N–H and O–H groups in total. The van der Waals surface area contributed by atoms with E-state index in [1.807, 2.05) is 30.3 Å². The van der Waals surface area contributed by atoms with Gasteiger partial charge in [-0.15, -0.1) is 10.2 Å². The Balaban J connectivity index is 1.82. The van der Waals surface area contributed by atoms with Crippen molar-refractivity contribution < 1.29 is 18.4 Å². The number of benzene rings is 1. The summed E-state index contributed by atoms with van der Waals surface area (Å²) in [7, 11) is -3.84. The highest BCUT2D eigenvalue weighted by molar-refractivity contribution is 7.92. The Morgan fingerprint density at radius 2 is 1.80 bits per heavy atom. The molecular formula is C19H20N4O5S2. The third kappa shape index (κ3) is 4.32. The SMILES string of the molecule is C[C@@](CCn1ccc(-c2nnc(-c3ccccc3)s2)cc1=O)(C(=O)NO)S(C)(=O)=O. The molecule has 2 aromatic heterocycles. The largest absolute Gasteiger partial charge is 0.315 e. The first-order chi connectivity index (χ1) is 14.2. The monoisotopic (exact) mass is 448 g/mol. The lowest BCUT2D eigenvalue weighted by molar-refractivity contribution is -0.131. The van der Waals surface area contributed by atoms with Gasteiger partial charge in [0.25, 0.3) is 11.5 Å². The number of amides is 1. The van der Waals surface area contributed by atoms with E-state index < -0.39 is 20.5 Å². The number of carbonyl (C=O) groups is 1. The van der Waals surface area contributed by atoms with E-state index in [9.17, 15) is 18.0 Å². The van der Waals surface area contributed by atoms with E-state index in [2.05, 4.69) is 10.2 Å². The van der Waals surface area contributed by atoms with Crippen LogP contribution in [0.4, 0.5) is 0 Å². The predicted octanol–water partition coefficient (Wildman–Crippen LogP) is 1.73. The number of pyridine rings is 1. The number of carbonyl (C=O) groups excluding carboxylic acids is 1. The molecule has 0 aliphatic rings. The highest BCUT2D eigenvalue weighted by Crippen LogP contribution is 2.29. The molecule has 2 heterocycles. The average Bonchev–Trinajstić information content (AvgIpc) is 3.22. The van der Waals surface area contributed by atoms with Crippen molar-refractivity contribution >= 4 is 27.1 Å². The number of aromatic nitrogens is 3. The van der Waals surface area contributed by atoms with E-state index in [-0.39, 0.29) is 18.5 Å². The maximum absolute atomic E-state index is 12.5. The average molecular weight is 449 g/mol. The van der Waals surface area contributed by atoms with Crippen molar-refractivity contribution in [2.24, 2.45) is 0 Å². The van der Waals surface area contributed by atoms with Gasteiger partial charge in [-0.3, -0.25) is 14.8 Å². The summed E-state index contributed by atoms with van der Waals surface area (Å²) in [5.74, 6) is -1.04. The van der Waals surface area contributed by atoms with Gasteiger partial charge in [0.2, 0.25) is 0 Å². The second-order valence-corrected chi connectivity index (χ2v) is 10.3. The molecule has 0 saturated carbocycles. The summed E-state index contributed by atoms with van der Waals surface area (Å²) in [4.78, 5) is 24.4. The van der Waals surface area contributed by atoms with Crippen LogP contribution in [0.25, 0.3) is 21.1 Å². The molecule has 9 nitrogen and oxygen atoms in total. The molecule has 1 aromatic carbocycles. The van der Waals surface area contributed by atoms with Crippen LogP contribution in [0.15, 0.2) is 53.5 Å². The molecule has 1 atom stereocenters. The van der Waals surface area contributed by atoms with E-state index >= 15 is 0 Å². The van der Waals surface area contributed by atoms with E-state index in [0.717, 1.165) is 16.8 Å². The first-order valence-electron chi connectivity index (χ1n) is 8.89. The quantitative estimate of drug-likeness (QED) is 0.416. The maximum atomic E-state index is 12.5. The van der Waals surface area contributed by atoms with Crippen LogP contribution in [0.5, 0.6) is 0 Å². The fraction of sp³-hybridized carbons (Fsp3) is 0.263. The smallest absolute Gasteiger partial charge is 0.264 e. The summed E-state index contributed by atoms with van der Waals surface area (Å²) in [6.45, 7) is 1.18. The van der Waals surface area contributed by atoms with Crippen molar-refractivity contribution in [2.75, 3.05) is 6.26 Å². The van der Waals surface area contributed by atoms with Crippen LogP contribution in [0.3, 0.4) is 0 Å². The summed E-state index contributed by atoms with van der Waals surface area (Å²) in [6.07, 6.45) is 2.24. The molecule has 0 aliphatic carbocycles.